The van der Waals surface area contributed by atoms with Gasteiger partial charge in [-0.25, -0.2) is 9.18 Å². The molecule has 0 saturated carbocycles. The molecule has 2 amide bonds. The molecule has 5 nitrogen and oxygen atoms in total. The molecule has 6 heteroatoms. The lowest BCUT2D eigenvalue weighted by Gasteiger charge is -2.26. The Hall–Kier alpha value is -2.11. The van der Waals surface area contributed by atoms with Crippen LogP contribution >= 0.6 is 0 Å². The number of likely N-dealkylation sites (tertiary alicyclic amines) is 1. The standard InChI is InChI=1S/C14H17FN2O3/c1-14(12(18)19)7-8-17(9-14)13(20)16(2)11-5-3-10(15)4-6-11/h3-6H,7-9H2,1-2H3,(H,18,19). The molecule has 0 aliphatic carbocycles. The van der Waals surface area contributed by atoms with E-state index in [0.717, 1.165) is 0 Å². The Balaban J connectivity index is 2.09. The Morgan fingerprint density at radius 2 is 1.95 bits per heavy atom. The molecule has 1 aliphatic rings. The average molecular weight is 280 g/mol. The fraction of sp³-hybridized carbons (Fsp3) is 0.429. The van der Waals surface area contributed by atoms with Crippen LogP contribution in [0.5, 0.6) is 0 Å². The van der Waals surface area contributed by atoms with Crippen LogP contribution in [0, 0.1) is 11.2 Å². The summed E-state index contributed by atoms with van der Waals surface area (Å²) in [6.45, 7) is 2.24. The van der Waals surface area contributed by atoms with Gasteiger partial charge in [0.15, 0.2) is 0 Å². The summed E-state index contributed by atoms with van der Waals surface area (Å²) in [6.07, 6.45) is 0.436. The maximum absolute atomic E-state index is 12.9. The summed E-state index contributed by atoms with van der Waals surface area (Å²) in [5.74, 6) is -1.26. The van der Waals surface area contributed by atoms with Crippen LogP contribution in [-0.2, 0) is 4.79 Å². The summed E-state index contributed by atoms with van der Waals surface area (Å²) >= 11 is 0. The zero-order valence-electron chi connectivity index (χ0n) is 11.5. The van der Waals surface area contributed by atoms with Crippen molar-refractivity contribution in [2.45, 2.75) is 13.3 Å². The van der Waals surface area contributed by atoms with E-state index in [-0.39, 0.29) is 18.4 Å². The molecule has 20 heavy (non-hydrogen) atoms. The largest absolute Gasteiger partial charge is 0.481 e. The van der Waals surface area contributed by atoms with Crippen molar-refractivity contribution in [1.29, 1.82) is 0 Å². The van der Waals surface area contributed by atoms with Gasteiger partial charge in [-0.1, -0.05) is 0 Å². The first-order valence-electron chi connectivity index (χ1n) is 6.35. The normalized spacial score (nSPS) is 21.9. The van der Waals surface area contributed by atoms with E-state index in [2.05, 4.69) is 0 Å². The van der Waals surface area contributed by atoms with Crippen LogP contribution in [0.3, 0.4) is 0 Å². The molecule has 0 aromatic heterocycles. The van der Waals surface area contributed by atoms with Gasteiger partial charge >= 0.3 is 12.0 Å². The van der Waals surface area contributed by atoms with Gasteiger partial charge < -0.3 is 10.0 Å². The van der Waals surface area contributed by atoms with Gasteiger partial charge in [-0.05, 0) is 37.6 Å². The van der Waals surface area contributed by atoms with Crippen LogP contribution in [0.2, 0.25) is 0 Å². The van der Waals surface area contributed by atoms with Crippen LogP contribution in [0.1, 0.15) is 13.3 Å². The van der Waals surface area contributed by atoms with E-state index in [4.69, 9.17) is 5.11 Å². The number of carboxylic acids is 1. The van der Waals surface area contributed by atoms with Crippen molar-refractivity contribution < 1.29 is 19.1 Å². The first-order chi connectivity index (χ1) is 9.33. The summed E-state index contributed by atoms with van der Waals surface area (Å²) in [5, 5.41) is 9.16. The molecular formula is C14H17FN2O3. The Kier molecular flexibility index (Phi) is 3.65. The molecule has 1 aromatic rings. The van der Waals surface area contributed by atoms with Crippen molar-refractivity contribution in [3.8, 4) is 0 Å². The Labute approximate surface area is 116 Å². The smallest absolute Gasteiger partial charge is 0.324 e. The monoisotopic (exact) mass is 280 g/mol. The second-order valence-electron chi connectivity index (χ2n) is 5.36. The van der Waals surface area contributed by atoms with Crippen LogP contribution < -0.4 is 4.90 Å². The van der Waals surface area contributed by atoms with Crippen molar-refractivity contribution in [1.82, 2.24) is 4.90 Å². The average Bonchev–Trinajstić information content (AvgIpc) is 2.82. The first kappa shape index (κ1) is 14.3. The van der Waals surface area contributed by atoms with E-state index >= 15 is 0 Å². The fourth-order valence-corrected chi connectivity index (χ4v) is 2.29. The Morgan fingerprint density at radius 1 is 1.35 bits per heavy atom. The van der Waals surface area contributed by atoms with Crippen LogP contribution in [0.4, 0.5) is 14.9 Å². The molecule has 2 rings (SSSR count). The fourth-order valence-electron chi connectivity index (χ4n) is 2.29. The Morgan fingerprint density at radius 3 is 2.45 bits per heavy atom. The van der Waals surface area contributed by atoms with Gasteiger partial charge in [0.25, 0.3) is 0 Å². The van der Waals surface area contributed by atoms with Crippen molar-refractivity contribution in [2.24, 2.45) is 5.41 Å². The number of carboxylic acid groups (broad SMARTS) is 1. The third-order valence-electron chi connectivity index (χ3n) is 3.76. The highest BCUT2D eigenvalue weighted by Gasteiger charge is 2.42. The number of anilines is 1. The second kappa shape index (κ2) is 5.11. The number of halogens is 1. The zero-order valence-corrected chi connectivity index (χ0v) is 11.5. The Bertz CT molecular complexity index is 532. The SMILES string of the molecule is CN(C(=O)N1CCC(C)(C(=O)O)C1)c1ccc(F)cc1. The van der Waals surface area contributed by atoms with Crippen molar-refractivity contribution in [2.75, 3.05) is 25.0 Å². The summed E-state index contributed by atoms with van der Waals surface area (Å²) in [7, 11) is 1.59. The van der Waals surface area contributed by atoms with Gasteiger partial charge in [0, 0.05) is 25.8 Å². The minimum absolute atomic E-state index is 0.187. The van der Waals surface area contributed by atoms with Gasteiger partial charge in [0.2, 0.25) is 0 Å². The predicted octanol–water partition coefficient (Wildman–Crippen LogP) is 2.18. The van der Waals surface area contributed by atoms with Gasteiger partial charge in [-0.2, -0.15) is 0 Å². The number of aliphatic carboxylic acids is 1. The molecular weight excluding hydrogens is 263 g/mol. The number of carbonyl (C=O) groups is 2. The van der Waals surface area contributed by atoms with E-state index in [1.165, 1.54) is 34.1 Å². The lowest BCUT2D eigenvalue weighted by Crippen LogP contribution is -2.42. The third-order valence-corrected chi connectivity index (χ3v) is 3.76. The lowest BCUT2D eigenvalue weighted by atomic mass is 9.90. The number of hydrogen-bond donors (Lipinski definition) is 1. The molecule has 108 valence electrons. The highest BCUT2D eigenvalue weighted by Crippen LogP contribution is 2.31. The number of rotatable bonds is 2. The van der Waals surface area contributed by atoms with E-state index < -0.39 is 11.4 Å². The minimum atomic E-state index is -0.891. The number of carbonyl (C=O) groups excluding carboxylic acids is 1. The van der Waals surface area contributed by atoms with Gasteiger partial charge in [-0.15, -0.1) is 0 Å². The molecule has 0 radical (unpaired) electrons. The van der Waals surface area contributed by atoms with E-state index in [9.17, 15) is 14.0 Å². The van der Waals surface area contributed by atoms with E-state index in [1.807, 2.05) is 0 Å². The first-order valence-corrected chi connectivity index (χ1v) is 6.35. The maximum atomic E-state index is 12.9. The predicted molar refractivity (Wildman–Crippen MR) is 72.1 cm³/mol. The minimum Gasteiger partial charge on any atom is -0.481 e. The molecule has 1 aliphatic heterocycles. The summed E-state index contributed by atoms with van der Waals surface area (Å²) < 4.78 is 12.9. The number of hydrogen-bond acceptors (Lipinski definition) is 2. The van der Waals surface area contributed by atoms with E-state index in [0.29, 0.717) is 18.7 Å². The molecule has 1 saturated heterocycles. The van der Waals surface area contributed by atoms with Crippen molar-refractivity contribution in [3.63, 3.8) is 0 Å². The molecule has 1 unspecified atom stereocenters. The van der Waals surface area contributed by atoms with Gasteiger partial charge in [0.1, 0.15) is 5.82 Å². The highest BCUT2D eigenvalue weighted by molar-refractivity contribution is 5.92. The molecule has 1 N–H and O–H groups in total. The maximum Gasteiger partial charge on any atom is 0.324 e. The van der Waals surface area contributed by atoms with Gasteiger partial charge in [0.05, 0.1) is 5.41 Å². The molecule has 1 atom stereocenters. The van der Waals surface area contributed by atoms with Crippen LogP contribution in [0.25, 0.3) is 0 Å². The molecule has 0 bridgehead atoms. The van der Waals surface area contributed by atoms with Crippen molar-refractivity contribution >= 4 is 17.7 Å². The molecule has 1 heterocycles. The number of amides is 2. The highest BCUT2D eigenvalue weighted by atomic mass is 19.1. The summed E-state index contributed by atoms with van der Waals surface area (Å²) in [6, 6.07) is 5.32. The summed E-state index contributed by atoms with van der Waals surface area (Å²) in [5.41, 5.74) is -0.320. The number of urea groups is 1. The summed E-state index contributed by atoms with van der Waals surface area (Å²) in [4.78, 5) is 26.4. The van der Waals surface area contributed by atoms with Crippen LogP contribution in [-0.4, -0.2) is 42.1 Å². The molecule has 1 aromatic carbocycles. The van der Waals surface area contributed by atoms with E-state index in [1.54, 1.807) is 14.0 Å². The quantitative estimate of drug-likeness (QED) is 0.903. The number of nitrogens with zero attached hydrogens (tertiary/aromatic N) is 2. The number of benzene rings is 1. The third kappa shape index (κ3) is 2.59. The second-order valence-corrected chi connectivity index (χ2v) is 5.36. The van der Waals surface area contributed by atoms with Gasteiger partial charge in [-0.3, -0.25) is 9.69 Å². The van der Waals surface area contributed by atoms with Crippen molar-refractivity contribution in [3.05, 3.63) is 30.1 Å². The topological polar surface area (TPSA) is 60.9 Å². The van der Waals surface area contributed by atoms with Crippen LogP contribution in [0.15, 0.2) is 24.3 Å². The molecule has 1 fully saturated rings. The molecule has 0 spiro atoms. The zero-order chi connectivity index (χ0) is 14.9. The lowest BCUT2D eigenvalue weighted by molar-refractivity contribution is -0.146.